The van der Waals surface area contributed by atoms with Crippen LogP contribution in [0.2, 0.25) is 0 Å². The number of benzene rings is 1. The van der Waals surface area contributed by atoms with Crippen LogP contribution in [0.3, 0.4) is 0 Å². The molecule has 1 aromatic carbocycles. The first-order valence-electron chi connectivity index (χ1n) is 13.2. The number of ether oxygens (including phenoxy) is 3. The van der Waals surface area contributed by atoms with E-state index in [1.165, 1.54) is 49.1 Å². The van der Waals surface area contributed by atoms with Gasteiger partial charge in [0.15, 0.2) is 11.5 Å². The first-order valence-corrected chi connectivity index (χ1v) is 13.2. The van der Waals surface area contributed by atoms with Crippen LogP contribution in [-0.2, 0) is 20.8 Å². The molecule has 0 saturated carbocycles. The molecule has 0 unspecified atom stereocenters. The minimum Gasteiger partial charge on any atom is -0.427 e. The summed E-state index contributed by atoms with van der Waals surface area (Å²) in [4.78, 5) is 34.8. The zero-order chi connectivity index (χ0) is 28.7. The van der Waals surface area contributed by atoms with Crippen molar-refractivity contribution in [3.05, 3.63) is 64.3 Å². The molecule has 0 fully saturated rings. The molecule has 0 N–H and O–H groups in total. The molecule has 0 heterocycles. The fraction of sp³-hybridized carbons (Fsp3) is 0.469. The summed E-state index contributed by atoms with van der Waals surface area (Å²) in [5.74, 6) is -1.23. The van der Waals surface area contributed by atoms with Gasteiger partial charge in [-0.2, -0.15) is 0 Å². The van der Waals surface area contributed by atoms with E-state index in [1.807, 2.05) is 6.08 Å². The van der Waals surface area contributed by atoms with Crippen molar-refractivity contribution in [2.75, 3.05) is 0 Å². The number of hydrogen-bond donors (Lipinski definition) is 0. The molecule has 0 amide bonds. The van der Waals surface area contributed by atoms with Crippen molar-refractivity contribution in [1.82, 2.24) is 0 Å². The van der Waals surface area contributed by atoms with Crippen LogP contribution < -0.4 is 14.2 Å². The second-order valence-electron chi connectivity index (χ2n) is 9.94. The lowest BCUT2D eigenvalue weighted by molar-refractivity contribution is -0.134. The van der Waals surface area contributed by atoms with Gasteiger partial charge in [-0.05, 0) is 85.6 Å². The molecule has 0 bridgehead atoms. The van der Waals surface area contributed by atoms with Gasteiger partial charge >= 0.3 is 17.9 Å². The predicted molar refractivity (Wildman–Crippen MR) is 152 cm³/mol. The highest BCUT2D eigenvalue weighted by Gasteiger charge is 2.18. The number of rotatable bonds is 14. The van der Waals surface area contributed by atoms with Gasteiger partial charge in [0, 0.05) is 32.4 Å². The highest BCUT2D eigenvalue weighted by atomic mass is 16.6. The highest BCUT2D eigenvalue weighted by molar-refractivity contribution is 5.76. The van der Waals surface area contributed by atoms with Crippen LogP contribution in [0, 0.1) is 0 Å². The zero-order valence-corrected chi connectivity index (χ0v) is 24.4. The fourth-order valence-corrected chi connectivity index (χ4v) is 3.77. The van der Waals surface area contributed by atoms with E-state index in [0.717, 1.165) is 38.5 Å². The predicted octanol–water partition coefficient (Wildman–Crippen LogP) is 8.15. The number of hydrogen-bond acceptors (Lipinski definition) is 6. The largest absolute Gasteiger partial charge is 0.427 e. The Kier molecular flexibility index (Phi) is 14.7. The van der Waals surface area contributed by atoms with Crippen molar-refractivity contribution >= 4 is 17.9 Å². The van der Waals surface area contributed by atoms with Gasteiger partial charge in [-0.3, -0.25) is 14.4 Å². The van der Waals surface area contributed by atoms with Crippen LogP contribution in [0.5, 0.6) is 17.2 Å². The molecule has 6 nitrogen and oxygen atoms in total. The Bertz CT molecular complexity index is 1100. The second-order valence-corrected chi connectivity index (χ2v) is 9.94. The van der Waals surface area contributed by atoms with E-state index in [9.17, 15) is 14.4 Å². The molecule has 0 aliphatic rings. The third kappa shape index (κ3) is 14.4. The summed E-state index contributed by atoms with van der Waals surface area (Å²) < 4.78 is 15.8. The van der Waals surface area contributed by atoms with Crippen LogP contribution in [0.1, 0.15) is 99.5 Å². The Hall–Kier alpha value is -3.41. The van der Waals surface area contributed by atoms with Crippen LogP contribution >= 0.6 is 0 Å². The van der Waals surface area contributed by atoms with E-state index < -0.39 is 17.9 Å². The van der Waals surface area contributed by atoms with Crippen LogP contribution in [0.4, 0.5) is 0 Å². The molecule has 0 spiro atoms. The molecule has 6 heteroatoms. The van der Waals surface area contributed by atoms with Crippen LogP contribution in [0.25, 0.3) is 0 Å². The Balaban J connectivity index is 2.84. The van der Waals surface area contributed by atoms with Gasteiger partial charge in [-0.1, -0.05) is 46.6 Å². The molecule has 0 aliphatic heterocycles. The van der Waals surface area contributed by atoms with Crippen molar-refractivity contribution in [3.8, 4) is 17.2 Å². The molecular formula is C32H44O6. The Morgan fingerprint density at radius 2 is 1.08 bits per heavy atom. The summed E-state index contributed by atoms with van der Waals surface area (Å²) in [5.41, 5.74) is 5.94. The zero-order valence-electron chi connectivity index (χ0n) is 24.4. The molecule has 0 saturated heterocycles. The second kappa shape index (κ2) is 17.2. The molecule has 208 valence electrons. The number of allylic oxidation sites excluding steroid dienone is 8. The highest BCUT2D eigenvalue weighted by Crippen LogP contribution is 2.37. The SMILES string of the molecule is CC(=O)Oc1cc(CC=C(C)CCC=C(C)CCC=C(C)CCC=C(C)C)c(OC(C)=O)c(OC(C)=O)c1. The van der Waals surface area contributed by atoms with E-state index in [-0.39, 0.29) is 17.2 Å². The third-order valence-electron chi connectivity index (χ3n) is 5.69. The third-order valence-corrected chi connectivity index (χ3v) is 5.69. The smallest absolute Gasteiger partial charge is 0.308 e. The van der Waals surface area contributed by atoms with Crippen molar-refractivity contribution in [3.63, 3.8) is 0 Å². The molecule has 0 aliphatic carbocycles. The lowest BCUT2D eigenvalue weighted by Gasteiger charge is -2.15. The molecule has 0 atom stereocenters. The summed E-state index contributed by atoms with van der Waals surface area (Å²) in [6, 6.07) is 2.99. The van der Waals surface area contributed by atoms with Crippen LogP contribution in [-0.4, -0.2) is 17.9 Å². The van der Waals surface area contributed by atoms with Crippen molar-refractivity contribution in [2.24, 2.45) is 0 Å². The van der Waals surface area contributed by atoms with Crippen molar-refractivity contribution in [1.29, 1.82) is 0 Å². The maximum absolute atomic E-state index is 11.7. The lowest BCUT2D eigenvalue weighted by atomic mass is 10.0. The summed E-state index contributed by atoms with van der Waals surface area (Å²) in [6.07, 6.45) is 15.5. The van der Waals surface area contributed by atoms with E-state index in [0.29, 0.717) is 12.0 Å². The Labute approximate surface area is 228 Å². The maximum atomic E-state index is 11.7. The van der Waals surface area contributed by atoms with Gasteiger partial charge in [0.2, 0.25) is 0 Å². The molecule has 1 rings (SSSR count). The first kappa shape index (κ1) is 32.6. The monoisotopic (exact) mass is 524 g/mol. The van der Waals surface area contributed by atoms with E-state index in [2.05, 4.69) is 52.8 Å². The average Bonchev–Trinajstić information content (AvgIpc) is 2.78. The minimum atomic E-state index is -0.576. The summed E-state index contributed by atoms with van der Waals surface area (Å²) in [5, 5.41) is 0. The Morgan fingerprint density at radius 3 is 1.55 bits per heavy atom. The van der Waals surface area contributed by atoms with Crippen molar-refractivity contribution in [2.45, 2.75) is 100 Å². The van der Waals surface area contributed by atoms with E-state index in [4.69, 9.17) is 14.2 Å². The quantitative estimate of drug-likeness (QED) is 0.139. The van der Waals surface area contributed by atoms with Crippen molar-refractivity contribution < 1.29 is 28.6 Å². The fourth-order valence-electron chi connectivity index (χ4n) is 3.77. The number of carbonyl (C=O) groups is 3. The molecule has 0 radical (unpaired) electrons. The van der Waals surface area contributed by atoms with Gasteiger partial charge in [0.05, 0.1) is 0 Å². The van der Waals surface area contributed by atoms with Gasteiger partial charge < -0.3 is 14.2 Å². The maximum Gasteiger partial charge on any atom is 0.308 e. The number of carbonyl (C=O) groups excluding carboxylic acids is 3. The van der Waals surface area contributed by atoms with E-state index >= 15 is 0 Å². The molecular weight excluding hydrogens is 480 g/mol. The first-order chi connectivity index (χ1) is 17.9. The van der Waals surface area contributed by atoms with Crippen LogP contribution in [0.15, 0.2) is 58.7 Å². The summed E-state index contributed by atoms with van der Waals surface area (Å²) in [7, 11) is 0. The average molecular weight is 525 g/mol. The van der Waals surface area contributed by atoms with Gasteiger partial charge in [0.25, 0.3) is 0 Å². The summed E-state index contributed by atoms with van der Waals surface area (Å²) in [6.45, 7) is 14.5. The lowest BCUT2D eigenvalue weighted by Crippen LogP contribution is -2.10. The molecule has 38 heavy (non-hydrogen) atoms. The van der Waals surface area contributed by atoms with Gasteiger partial charge in [0.1, 0.15) is 5.75 Å². The number of esters is 3. The van der Waals surface area contributed by atoms with Gasteiger partial charge in [-0.15, -0.1) is 0 Å². The van der Waals surface area contributed by atoms with E-state index in [1.54, 1.807) is 6.07 Å². The molecule has 1 aromatic rings. The molecule has 0 aromatic heterocycles. The Morgan fingerprint density at radius 1 is 0.605 bits per heavy atom. The topological polar surface area (TPSA) is 78.9 Å². The minimum absolute atomic E-state index is 0.0345. The normalized spacial score (nSPS) is 12.2. The summed E-state index contributed by atoms with van der Waals surface area (Å²) >= 11 is 0. The van der Waals surface area contributed by atoms with Gasteiger partial charge in [-0.25, -0.2) is 0 Å². The standard InChI is InChI=1S/C32H44O6/c1-22(2)12-9-13-23(3)14-10-15-24(4)16-11-17-25(5)18-19-29-20-30(36-26(6)33)21-31(37-27(7)34)32(29)38-28(8)35/h12,14,16,18,20-21H,9-11,13,15,17,19H2,1-8H3.